The fourth-order valence-electron chi connectivity index (χ4n) is 3.52. The first-order chi connectivity index (χ1) is 15.5. The van der Waals surface area contributed by atoms with Crippen LogP contribution in [0.5, 0.6) is 11.5 Å². The molecule has 3 aromatic carbocycles. The number of rotatable bonds is 6. The van der Waals surface area contributed by atoms with Gasteiger partial charge in [0.05, 0.1) is 27.7 Å². The number of hydrogen-bond acceptors (Lipinski definition) is 4. The Bertz CT molecular complexity index is 1220. The zero-order valence-electron chi connectivity index (χ0n) is 18.1. The molecule has 1 heterocycles. The molecule has 162 valence electrons. The van der Waals surface area contributed by atoms with E-state index in [0.29, 0.717) is 29.4 Å². The monoisotopic (exact) mass is 538 g/mol. The molecule has 5 nitrogen and oxygen atoms in total. The number of carbonyl (C=O) groups excluding carboxylic acids is 1. The number of amides is 1. The highest BCUT2D eigenvalue weighted by molar-refractivity contribution is 14.1. The third-order valence-electron chi connectivity index (χ3n) is 5.09. The molecule has 0 bridgehead atoms. The zero-order chi connectivity index (χ0) is 22.7. The van der Waals surface area contributed by atoms with Crippen LogP contribution in [0.2, 0.25) is 0 Å². The number of nitrogens with zero attached hydrogens (tertiary/aromatic N) is 2. The zero-order valence-corrected chi connectivity index (χ0v) is 20.3. The van der Waals surface area contributed by atoms with Gasteiger partial charge in [-0.05, 0) is 77.9 Å². The molecule has 0 aliphatic carbocycles. The predicted molar refractivity (Wildman–Crippen MR) is 136 cm³/mol. The van der Waals surface area contributed by atoms with Crippen molar-refractivity contribution in [1.29, 1.82) is 0 Å². The van der Waals surface area contributed by atoms with Crippen molar-refractivity contribution in [1.82, 2.24) is 0 Å². The molecule has 6 heteroatoms. The second-order valence-electron chi connectivity index (χ2n) is 7.51. The Balaban J connectivity index is 1.59. The minimum atomic E-state index is -0.151. The number of hydrazone groups is 1. The van der Waals surface area contributed by atoms with Gasteiger partial charge in [0.1, 0.15) is 6.61 Å². The first-order valence-electron chi connectivity index (χ1n) is 10.2. The van der Waals surface area contributed by atoms with Crippen LogP contribution in [0, 0.1) is 10.5 Å². The number of aryl methyl sites for hydroxylation is 1. The maximum Gasteiger partial charge on any atom is 0.280 e. The van der Waals surface area contributed by atoms with Gasteiger partial charge >= 0.3 is 0 Å². The molecule has 1 amide bonds. The summed E-state index contributed by atoms with van der Waals surface area (Å²) >= 11 is 2.24. The average molecular weight is 538 g/mol. The van der Waals surface area contributed by atoms with E-state index in [2.05, 4.69) is 46.7 Å². The first kappa shape index (κ1) is 22.1. The average Bonchev–Trinajstić information content (AvgIpc) is 3.07. The van der Waals surface area contributed by atoms with E-state index in [1.54, 1.807) is 7.11 Å². The Kier molecular flexibility index (Phi) is 6.60. The Hall–Kier alpha value is -3.13. The minimum absolute atomic E-state index is 0.151. The summed E-state index contributed by atoms with van der Waals surface area (Å²) in [7, 11) is 1.62. The number of ether oxygens (including phenoxy) is 2. The van der Waals surface area contributed by atoms with Crippen LogP contribution in [-0.4, -0.2) is 18.7 Å². The fourth-order valence-corrected chi connectivity index (χ4v) is 4.30. The maximum absolute atomic E-state index is 13.0. The number of methoxy groups -OCH3 is 1. The minimum Gasteiger partial charge on any atom is -0.493 e. The van der Waals surface area contributed by atoms with E-state index in [-0.39, 0.29) is 5.91 Å². The smallest absolute Gasteiger partial charge is 0.280 e. The Morgan fingerprint density at radius 2 is 1.81 bits per heavy atom. The van der Waals surface area contributed by atoms with Crippen LogP contribution in [0.15, 0.2) is 77.4 Å². The first-order valence-corrected chi connectivity index (χ1v) is 11.3. The van der Waals surface area contributed by atoms with Gasteiger partial charge < -0.3 is 9.47 Å². The van der Waals surface area contributed by atoms with Crippen molar-refractivity contribution in [3.05, 3.63) is 92.6 Å². The Morgan fingerprint density at radius 1 is 1.03 bits per heavy atom. The third kappa shape index (κ3) is 4.70. The van der Waals surface area contributed by atoms with E-state index >= 15 is 0 Å². The highest BCUT2D eigenvalue weighted by atomic mass is 127. The van der Waals surface area contributed by atoms with Gasteiger partial charge in [-0.3, -0.25) is 4.79 Å². The second kappa shape index (κ2) is 9.56. The number of para-hydroxylation sites is 1. The largest absolute Gasteiger partial charge is 0.493 e. The van der Waals surface area contributed by atoms with E-state index in [1.165, 1.54) is 10.6 Å². The van der Waals surface area contributed by atoms with Crippen molar-refractivity contribution in [2.75, 3.05) is 12.1 Å². The molecule has 0 unspecified atom stereocenters. The lowest BCUT2D eigenvalue weighted by Crippen LogP contribution is -2.21. The molecule has 0 spiro atoms. The number of hydrogen-bond donors (Lipinski definition) is 0. The van der Waals surface area contributed by atoms with Crippen molar-refractivity contribution < 1.29 is 14.3 Å². The lowest BCUT2D eigenvalue weighted by Gasteiger charge is -2.14. The molecule has 0 fully saturated rings. The van der Waals surface area contributed by atoms with Gasteiger partial charge in [-0.25, -0.2) is 0 Å². The van der Waals surface area contributed by atoms with Gasteiger partial charge in [0.25, 0.3) is 5.91 Å². The molecule has 0 atom stereocenters. The molecule has 0 radical (unpaired) electrons. The maximum atomic E-state index is 13.0. The van der Waals surface area contributed by atoms with Gasteiger partial charge in [-0.2, -0.15) is 10.1 Å². The summed E-state index contributed by atoms with van der Waals surface area (Å²) in [6.07, 6.45) is 1.85. The molecule has 0 saturated carbocycles. The second-order valence-corrected chi connectivity index (χ2v) is 8.67. The lowest BCUT2D eigenvalue weighted by molar-refractivity contribution is -0.114. The quantitative estimate of drug-likeness (QED) is 0.286. The molecule has 0 aromatic heterocycles. The van der Waals surface area contributed by atoms with Crippen molar-refractivity contribution in [3.8, 4) is 11.5 Å². The van der Waals surface area contributed by atoms with Crippen LogP contribution in [0.4, 0.5) is 5.69 Å². The highest BCUT2D eigenvalue weighted by Gasteiger charge is 2.28. The van der Waals surface area contributed by atoms with Gasteiger partial charge in [0, 0.05) is 0 Å². The highest BCUT2D eigenvalue weighted by Crippen LogP contribution is 2.36. The van der Waals surface area contributed by atoms with Gasteiger partial charge in [0.2, 0.25) is 0 Å². The van der Waals surface area contributed by atoms with Crippen LogP contribution in [-0.2, 0) is 11.4 Å². The van der Waals surface area contributed by atoms with Gasteiger partial charge in [-0.1, -0.05) is 48.0 Å². The van der Waals surface area contributed by atoms with Crippen LogP contribution < -0.4 is 14.5 Å². The van der Waals surface area contributed by atoms with E-state index in [0.717, 1.165) is 20.4 Å². The third-order valence-corrected chi connectivity index (χ3v) is 5.89. The van der Waals surface area contributed by atoms with Crippen LogP contribution in [0.1, 0.15) is 23.6 Å². The topological polar surface area (TPSA) is 51.1 Å². The SMILES string of the molecule is COc1cc(/C=C2/C(=O)N(c3ccccc3)N=C2C)cc(I)c1OCc1cccc(C)c1. The molecule has 1 aliphatic heterocycles. The summed E-state index contributed by atoms with van der Waals surface area (Å²) in [5.41, 5.74) is 5.11. The molecule has 3 aromatic rings. The number of carbonyl (C=O) groups is 1. The Morgan fingerprint density at radius 3 is 2.53 bits per heavy atom. The summed E-state index contributed by atoms with van der Waals surface area (Å²) in [5, 5.41) is 5.88. The molecule has 0 N–H and O–H groups in total. The molecular formula is C26H23IN2O3. The number of anilines is 1. The number of halogens is 1. The molecule has 4 rings (SSSR count). The standard InChI is InChI=1S/C26H23IN2O3/c1-17-8-7-9-19(12-17)16-32-25-23(27)14-20(15-24(25)31-3)13-22-18(2)28-29(26(22)30)21-10-5-4-6-11-21/h4-15H,16H2,1-3H3/b22-13+. The van der Waals surface area contributed by atoms with Crippen molar-refractivity contribution in [2.45, 2.75) is 20.5 Å². The van der Waals surface area contributed by atoms with Crippen molar-refractivity contribution in [3.63, 3.8) is 0 Å². The molecule has 32 heavy (non-hydrogen) atoms. The van der Waals surface area contributed by atoms with Crippen molar-refractivity contribution in [2.24, 2.45) is 5.10 Å². The summed E-state index contributed by atoms with van der Waals surface area (Å²) < 4.78 is 12.6. The predicted octanol–water partition coefficient (Wildman–Crippen LogP) is 5.99. The van der Waals surface area contributed by atoms with E-state index in [1.807, 2.05) is 67.6 Å². The van der Waals surface area contributed by atoms with Crippen LogP contribution in [0.3, 0.4) is 0 Å². The summed E-state index contributed by atoms with van der Waals surface area (Å²) in [6.45, 7) is 4.35. The van der Waals surface area contributed by atoms with Crippen LogP contribution in [0.25, 0.3) is 6.08 Å². The molecule has 0 saturated heterocycles. The molecular weight excluding hydrogens is 515 g/mol. The van der Waals surface area contributed by atoms with Crippen molar-refractivity contribution >= 4 is 46.0 Å². The number of benzene rings is 3. The van der Waals surface area contributed by atoms with E-state index in [4.69, 9.17) is 9.47 Å². The van der Waals surface area contributed by atoms with Crippen LogP contribution >= 0.6 is 22.6 Å². The molecule has 1 aliphatic rings. The summed E-state index contributed by atoms with van der Waals surface area (Å²) in [5.74, 6) is 1.16. The fraction of sp³-hybridized carbons (Fsp3) is 0.154. The Labute approximate surface area is 201 Å². The lowest BCUT2D eigenvalue weighted by atomic mass is 10.1. The normalized spacial score (nSPS) is 14.6. The summed E-state index contributed by atoms with van der Waals surface area (Å²) in [6, 6.07) is 21.5. The van der Waals surface area contributed by atoms with E-state index in [9.17, 15) is 4.79 Å². The summed E-state index contributed by atoms with van der Waals surface area (Å²) in [4.78, 5) is 13.0. The van der Waals surface area contributed by atoms with E-state index < -0.39 is 0 Å². The van der Waals surface area contributed by atoms with Gasteiger partial charge in [-0.15, -0.1) is 0 Å². The van der Waals surface area contributed by atoms with Gasteiger partial charge in [0.15, 0.2) is 11.5 Å².